The lowest BCUT2D eigenvalue weighted by Gasteiger charge is -2.28. The Kier molecular flexibility index (Phi) is 4.82. The molecule has 146 valence electrons. The van der Waals surface area contributed by atoms with Crippen molar-refractivity contribution in [1.82, 2.24) is 29.7 Å². The minimum absolute atomic E-state index is 0.518. The minimum atomic E-state index is 0.518. The summed E-state index contributed by atoms with van der Waals surface area (Å²) in [5.74, 6) is 1.51. The van der Waals surface area contributed by atoms with Crippen molar-refractivity contribution in [2.24, 2.45) is 0 Å². The van der Waals surface area contributed by atoms with E-state index in [0.29, 0.717) is 5.95 Å². The van der Waals surface area contributed by atoms with Crippen LogP contribution in [-0.2, 0) is 0 Å². The molecule has 0 aliphatic carbocycles. The number of halogens is 1. The van der Waals surface area contributed by atoms with Crippen LogP contribution in [0.2, 0.25) is 0 Å². The zero-order valence-corrected chi connectivity index (χ0v) is 17.2. The van der Waals surface area contributed by atoms with Gasteiger partial charge in [0.2, 0.25) is 5.95 Å². The van der Waals surface area contributed by atoms with Gasteiger partial charge in [-0.15, -0.1) is 0 Å². The Balaban J connectivity index is 1.38. The maximum Gasteiger partial charge on any atom is 0.227 e. The van der Waals surface area contributed by atoms with Gasteiger partial charge in [0.25, 0.3) is 0 Å². The second-order valence-electron chi connectivity index (χ2n) is 6.75. The average molecular weight is 451 g/mol. The number of pyridine rings is 2. The monoisotopic (exact) mass is 450 g/mol. The molecule has 1 saturated heterocycles. The number of fused-ring (bicyclic) bond motifs is 1. The van der Waals surface area contributed by atoms with Crippen molar-refractivity contribution in [3.8, 4) is 11.4 Å². The number of hydrogen-bond acceptors (Lipinski definition) is 7. The molecule has 9 heteroatoms. The van der Waals surface area contributed by atoms with Gasteiger partial charge in [-0.3, -0.25) is 4.40 Å². The van der Waals surface area contributed by atoms with E-state index in [1.165, 1.54) is 0 Å². The normalized spacial score (nSPS) is 14.3. The molecule has 29 heavy (non-hydrogen) atoms. The van der Waals surface area contributed by atoms with Gasteiger partial charge in [-0.05, 0) is 46.3 Å². The van der Waals surface area contributed by atoms with Gasteiger partial charge in [0.05, 0.1) is 29.5 Å². The van der Waals surface area contributed by atoms with Crippen molar-refractivity contribution in [3.05, 3.63) is 59.6 Å². The first-order valence-corrected chi connectivity index (χ1v) is 10.2. The highest BCUT2D eigenvalue weighted by molar-refractivity contribution is 9.10. The van der Waals surface area contributed by atoms with Gasteiger partial charge < -0.3 is 15.5 Å². The van der Waals surface area contributed by atoms with Crippen LogP contribution in [0, 0.1) is 0 Å². The number of rotatable bonds is 4. The summed E-state index contributed by atoms with van der Waals surface area (Å²) in [4.78, 5) is 20.3. The molecule has 0 aromatic carbocycles. The highest BCUT2D eigenvalue weighted by Crippen LogP contribution is 2.23. The maximum absolute atomic E-state index is 4.66. The van der Waals surface area contributed by atoms with Crippen LogP contribution in [-0.4, -0.2) is 50.5 Å². The van der Waals surface area contributed by atoms with Gasteiger partial charge in [-0.25, -0.2) is 19.9 Å². The SMILES string of the molecule is Brc1ccc2ncc(-c3ccnc(Nc4ccc(N5CCNCC5)nc4)n3)n2c1. The number of nitrogens with one attached hydrogen (secondary N) is 2. The standard InChI is InChI=1S/C20H19BrN8/c21-14-1-3-19-25-12-17(29(19)13-14)16-5-6-23-20(27-16)26-15-2-4-18(24-11-15)28-9-7-22-8-10-28/h1-6,11-13,22H,7-10H2,(H,23,26,27). The molecule has 0 amide bonds. The molecule has 1 aliphatic rings. The van der Waals surface area contributed by atoms with Crippen LogP contribution in [0.15, 0.2) is 59.6 Å². The van der Waals surface area contributed by atoms with E-state index in [4.69, 9.17) is 0 Å². The second-order valence-corrected chi connectivity index (χ2v) is 7.67. The summed E-state index contributed by atoms with van der Waals surface area (Å²) in [6.45, 7) is 3.92. The fraction of sp³-hybridized carbons (Fsp3) is 0.200. The van der Waals surface area contributed by atoms with E-state index in [9.17, 15) is 0 Å². The molecule has 1 aliphatic heterocycles. The smallest absolute Gasteiger partial charge is 0.227 e. The van der Waals surface area contributed by atoms with Crippen molar-refractivity contribution in [3.63, 3.8) is 0 Å². The summed E-state index contributed by atoms with van der Waals surface area (Å²) in [6.07, 6.45) is 7.35. The Bertz CT molecular complexity index is 1130. The van der Waals surface area contributed by atoms with Gasteiger partial charge in [0, 0.05) is 43.0 Å². The van der Waals surface area contributed by atoms with E-state index in [0.717, 1.165) is 59.2 Å². The molecule has 0 bridgehead atoms. The maximum atomic E-state index is 4.66. The van der Waals surface area contributed by atoms with Crippen molar-refractivity contribution in [2.45, 2.75) is 0 Å². The van der Waals surface area contributed by atoms with Crippen LogP contribution in [0.5, 0.6) is 0 Å². The first-order valence-electron chi connectivity index (χ1n) is 9.41. The van der Waals surface area contributed by atoms with Gasteiger partial charge in [-0.2, -0.15) is 0 Å². The molecule has 8 nitrogen and oxygen atoms in total. The van der Waals surface area contributed by atoms with Crippen LogP contribution in [0.4, 0.5) is 17.5 Å². The minimum Gasteiger partial charge on any atom is -0.354 e. The Labute approximate surface area is 176 Å². The molecule has 4 aromatic heterocycles. The highest BCUT2D eigenvalue weighted by Gasteiger charge is 2.12. The predicted octanol–water partition coefficient (Wildman–Crippen LogP) is 3.10. The molecular formula is C20H19BrN8. The molecule has 0 spiro atoms. The van der Waals surface area contributed by atoms with Gasteiger partial charge >= 0.3 is 0 Å². The Morgan fingerprint density at radius 3 is 2.69 bits per heavy atom. The Hall–Kier alpha value is -3.04. The molecule has 5 heterocycles. The summed E-state index contributed by atoms with van der Waals surface area (Å²) >= 11 is 3.51. The van der Waals surface area contributed by atoms with Gasteiger partial charge in [0.1, 0.15) is 11.5 Å². The molecule has 0 unspecified atom stereocenters. The summed E-state index contributed by atoms with van der Waals surface area (Å²) < 4.78 is 2.98. The molecule has 4 aromatic rings. The van der Waals surface area contributed by atoms with Crippen LogP contribution in [0.3, 0.4) is 0 Å². The summed E-state index contributed by atoms with van der Waals surface area (Å²) in [7, 11) is 0. The lowest BCUT2D eigenvalue weighted by molar-refractivity contribution is 0.585. The third-order valence-corrected chi connectivity index (χ3v) is 5.30. The highest BCUT2D eigenvalue weighted by atomic mass is 79.9. The topological polar surface area (TPSA) is 83.3 Å². The van der Waals surface area contributed by atoms with Crippen LogP contribution in [0.25, 0.3) is 17.0 Å². The van der Waals surface area contributed by atoms with Crippen molar-refractivity contribution >= 4 is 39.0 Å². The van der Waals surface area contributed by atoms with Crippen LogP contribution >= 0.6 is 15.9 Å². The second kappa shape index (κ2) is 7.76. The Morgan fingerprint density at radius 2 is 1.86 bits per heavy atom. The van der Waals surface area contributed by atoms with E-state index in [1.807, 2.05) is 53.3 Å². The zero-order chi connectivity index (χ0) is 19.6. The fourth-order valence-corrected chi connectivity index (χ4v) is 3.71. The summed E-state index contributed by atoms with van der Waals surface area (Å²) in [6, 6.07) is 9.84. The number of imidazole rings is 1. The average Bonchev–Trinajstić information content (AvgIpc) is 3.18. The first kappa shape index (κ1) is 18.0. The molecule has 1 fully saturated rings. The van der Waals surface area contributed by atoms with Crippen molar-refractivity contribution < 1.29 is 0 Å². The number of hydrogen-bond donors (Lipinski definition) is 2. The predicted molar refractivity (Wildman–Crippen MR) is 117 cm³/mol. The van der Waals surface area contributed by atoms with Crippen LogP contribution in [0.1, 0.15) is 0 Å². The fourth-order valence-electron chi connectivity index (χ4n) is 3.38. The third-order valence-electron chi connectivity index (χ3n) is 4.83. The third kappa shape index (κ3) is 3.79. The lowest BCUT2D eigenvalue weighted by atomic mass is 10.3. The van der Waals surface area contributed by atoms with Crippen LogP contribution < -0.4 is 15.5 Å². The zero-order valence-electron chi connectivity index (χ0n) is 15.6. The number of anilines is 3. The van der Waals surface area contributed by atoms with Crippen molar-refractivity contribution in [2.75, 3.05) is 36.4 Å². The van der Waals surface area contributed by atoms with E-state index in [1.54, 1.807) is 6.20 Å². The first-order chi connectivity index (χ1) is 14.3. The number of piperazine rings is 1. The largest absolute Gasteiger partial charge is 0.354 e. The quantitative estimate of drug-likeness (QED) is 0.494. The Morgan fingerprint density at radius 1 is 0.966 bits per heavy atom. The summed E-state index contributed by atoms with van der Waals surface area (Å²) in [5, 5.41) is 6.59. The van der Waals surface area contributed by atoms with Gasteiger partial charge in [0.15, 0.2) is 0 Å². The van der Waals surface area contributed by atoms with Gasteiger partial charge in [-0.1, -0.05) is 0 Å². The summed E-state index contributed by atoms with van der Waals surface area (Å²) in [5.41, 5.74) is 3.41. The number of aromatic nitrogens is 5. The molecule has 5 rings (SSSR count). The molecular weight excluding hydrogens is 432 g/mol. The molecule has 2 N–H and O–H groups in total. The lowest BCUT2D eigenvalue weighted by Crippen LogP contribution is -2.43. The van der Waals surface area contributed by atoms with E-state index in [-0.39, 0.29) is 0 Å². The number of nitrogens with zero attached hydrogens (tertiary/aromatic N) is 6. The molecule has 0 radical (unpaired) electrons. The van der Waals surface area contributed by atoms with E-state index >= 15 is 0 Å². The van der Waals surface area contributed by atoms with E-state index in [2.05, 4.69) is 51.4 Å². The molecule has 0 saturated carbocycles. The van der Waals surface area contributed by atoms with Crippen molar-refractivity contribution in [1.29, 1.82) is 0 Å². The van der Waals surface area contributed by atoms with E-state index < -0.39 is 0 Å². The molecule has 0 atom stereocenters.